The van der Waals surface area contributed by atoms with Crippen LogP contribution in [0.3, 0.4) is 0 Å². The van der Waals surface area contributed by atoms with Crippen LogP contribution >= 0.6 is 0 Å². The highest BCUT2D eigenvalue weighted by molar-refractivity contribution is 5.92. The zero-order chi connectivity index (χ0) is 13.0. The molecule has 1 aromatic carbocycles. The Hall–Kier alpha value is -1.84. The Kier molecular flexibility index (Phi) is 3.97. The van der Waals surface area contributed by atoms with Crippen LogP contribution in [0.1, 0.15) is 24.5 Å². The Morgan fingerprint density at radius 3 is 2.50 bits per heavy atom. The Balaban J connectivity index is 1.84. The first-order valence-electron chi connectivity index (χ1n) is 6.34. The van der Waals surface area contributed by atoms with Gasteiger partial charge in [0.25, 0.3) is 0 Å². The third kappa shape index (κ3) is 3.09. The summed E-state index contributed by atoms with van der Waals surface area (Å²) in [7, 11) is 0. The molecule has 1 unspecified atom stereocenters. The standard InChI is InChI=1S/C14H18N2O2/c1-2-3-10-4-6-11(7-5-10)8-13(17)16-12-9-15-14(12)18/h4-7,12H,2-3,8-9H2,1H3,(H,15,18)(H,16,17). The van der Waals surface area contributed by atoms with Crippen molar-refractivity contribution >= 4 is 11.8 Å². The summed E-state index contributed by atoms with van der Waals surface area (Å²) in [5, 5.41) is 5.30. The molecule has 0 spiro atoms. The van der Waals surface area contributed by atoms with Crippen LogP contribution < -0.4 is 10.6 Å². The molecule has 1 aromatic rings. The van der Waals surface area contributed by atoms with Crippen molar-refractivity contribution in [3.8, 4) is 0 Å². The number of aryl methyl sites for hydroxylation is 1. The van der Waals surface area contributed by atoms with E-state index in [-0.39, 0.29) is 17.9 Å². The summed E-state index contributed by atoms with van der Waals surface area (Å²) >= 11 is 0. The normalized spacial score (nSPS) is 17.8. The first-order chi connectivity index (χ1) is 8.69. The van der Waals surface area contributed by atoms with Crippen molar-refractivity contribution in [3.05, 3.63) is 35.4 Å². The summed E-state index contributed by atoms with van der Waals surface area (Å²) in [5.74, 6) is -0.195. The summed E-state index contributed by atoms with van der Waals surface area (Å²) < 4.78 is 0. The molecule has 0 bridgehead atoms. The van der Waals surface area contributed by atoms with Gasteiger partial charge in [-0.2, -0.15) is 0 Å². The minimum absolute atomic E-state index is 0.0957. The van der Waals surface area contributed by atoms with Crippen LogP contribution in [0.5, 0.6) is 0 Å². The molecule has 1 aliphatic rings. The Morgan fingerprint density at radius 2 is 2.00 bits per heavy atom. The molecule has 18 heavy (non-hydrogen) atoms. The fourth-order valence-electron chi connectivity index (χ4n) is 1.95. The van der Waals surface area contributed by atoms with Crippen molar-refractivity contribution in [3.63, 3.8) is 0 Å². The van der Waals surface area contributed by atoms with Gasteiger partial charge in [-0.1, -0.05) is 37.6 Å². The van der Waals surface area contributed by atoms with Crippen molar-refractivity contribution < 1.29 is 9.59 Å². The van der Waals surface area contributed by atoms with Gasteiger partial charge in [0.15, 0.2) is 0 Å². The van der Waals surface area contributed by atoms with E-state index in [0.717, 1.165) is 18.4 Å². The molecule has 2 N–H and O–H groups in total. The van der Waals surface area contributed by atoms with E-state index in [0.29, 0.717) is 13.0 Å². The van der Waals surface area contributed by atoms with Gasteiger partial charge in [0.1, 0.15) is 6.04 Å². The molecule has 2 rings (SSSR count). The van der Waals surface area contributed by atoms with Gasteiger partial charge < -0.3 is 10.6 Å². The number of carbonyl (C=O) groups excluding carboxylic acids is 2. The smallest absolute Gasteiger partial charge is 0.244 e. The number of rotatable bonds is 5. The van der Waals surface area contributed by atoms with Gasteiger partial charge in [-0.05, 0) is 17.5 Å². The predicted molar refractivity (Wildman–Crippen MR) is 69.1 cm³/mol. The number of carbonyl (C=O) groups is 2. The van der Waals surface area contributed by atoms with Crippen molar-refractivity contribution in [1.29, 1.82) is 0 Å². The molecular weight excluding hydrogens is 228 g/mol. The number of benzene rings is 1. The largest absolute Gasteiger partial charge is 0.352 e. The number of hydrogen-bond donors (Lipinski definition) is 2. The lowest BCUT2D eigenvalue weighted by Crippen LogP contribution is -2.61. The number of amides is 2. The van der Waals surface area contributed by atoms with Crippen LogP contribution in [0.4, 0.5) is 0 Å². The molecule has 0 aliphatic carbocycles. The van der Waals surface area contributed by atoms with Crippen LogP contribution in [-0.4, -0.2) is 24.4 Å². The minimum atomic E-state index is -0.336. The lowest BCUT2D eigenvalue weighted by atomic mass is 10.1. The Bertz CT molecular complexity index is 440. The van der Waals surface area contributed by atoms with E-state index in [9.17, 15) is 9.59 Å². The van der Waals surface area contributed by atoms with E-state index < -0.39 is 0 Å². The minimum Gasteiger partial charge on any atom is -0.352 e. The third-order valence-corrected chi connectivity index (χ3v) is 3.06. The van der Waals surface area contributed by atoms with Crippen molar-refractivity contribution in [2.24, 2.45) is 0 Å². The second kappa shape index (κ2) is 5.67. The van der Waals surface area contributed by atoms with Crippen LogP contribution in [0.25, 0.3) is 0 Å². The predicted octanol–water partition coefficient (Wildman–Crippen LogP) is 0.796. The monoisotopic (exact) mass is 246 g/mol. The molecule has 1 heterocycles. The maximum absolute atomic E-state index is 11.7. The molecule has 4 heteroatoms. The van der Waals surface area contributed by atoms with Gasteiger partial charge in [-0.15, -0.1) is 0 Å². The van der Waals surface area contributed by atoms with Crippen molar-refractivity contribution in [2.75, 3.05) is 6.54 Å². The van der Waals surface area contributed by atoms with Gasteiger partial charge >= 0.3 is 0 Å². The third-order valence-electron chi connectivity index (χ3n) is 3.06. The lowest BCUT2D eigenvalue weighted by Gasteiger charge is -2.26. The van der Waals surface area contributed by atoms with E-state index in [1.54, 1.807) is 0 Å². The van der Waals surface area contributed by atoms with Crippen LogP contribution in [0.2, 0.25) is 0 Å². The van der Waals surface area contributed by atoms with Crippen molar-refractivity contribution in [1.82, 2.24) is 10.6 Å². The number of nitrogens with one attached hydrogen (secondary N) is 2. The van der Waals surface area contributed by atoms with E-state index in [1.807, 2.05) is 12.1 Å². The maximum atomic E-state index is 11.7. The summed E-state index contributed by atoms with van der Waals surface area (Å²) in [6.07, 6.45) is 2.52. The van der Waals surface area contributed by atoms with Crippen LogP contribution in [0, 0.1) is 0 Å². The highest BCUT2D eigenvalue weighted by Crippen LogP contribution is 2.07. The zero-order valence-corrected chi connectivity index (χ0v) is 10.5. The highest BCUT2D eigenvalue weighted by atomic mass is 16.2. The fraction of sp³-hybridized carbons (Fsp3) is 0.429. The molecule has 1 atom stereocenters. The highest BCUT2D eigenvalue weighted by Gasteiger charge is 2.28. The fourth-order valence-corrected chi connectivity index (χ4v) is 1.95. The molecular formula is C14H18N2O2. The number of hydrogen-bond acceptors (Lipinski definition) is 2. The van der Waals surface area contributed by atoms with E-state index in [2.05, 4.69) is 29.7 Å². The zero-order valence-electron chi connectivity index (χ0n) is 10.5. The van der Waals surface area contributed by atoms with Crippen molar-refractivity contribution in [2.45, 2.75) is 32.2 Å². The van der Waals surface area contributed by atoms with E-state index in [4.69, 9.17) is 0 Å². The molecule has 96 valence electrons. The van der Waals surface area contributed by atoms with Gasteiger partial charge in [-0.25, -0.2) is 0 Å². The lowest BCUT2D eigenvalue weighted by molar-refractivity contribution is -0.133. The van der Waals surface area contributed by atoms with Gasteiger partial charge in [0.05, 0.1) is 6.42 Å². The summed E-state index contributed by atoms with van der Waals surface area (Å²) in [5.41, 5.74) is 2.27. The maximum Gasteiger partial charge on any atom is 0.244 e. The Labute approximate surface area is 107 Å². The number of β-lactam (4-membered cyclic amide) rings is 1. The summed E-state index contributed by atoms with van der Waals surface area (Å²) in [6.45, 7) is 2.69. The summed E-state index contributed by atoms with van der Waals surface area (Å²) in [4.78, 5) is 22.7. The second-order valence-corrected chi connectivity index (χ2v) is 4.61. The quantitative estimate of drug-likeness (QED) is 0.755. The van der Waals surface area contributed by atoms with Gasteiger partial charge in [-0.3, -0.25) is 9.59 Å². The first-order valence-corrected chi connectivity index (χ1v) is 6.34. The van der Waals surface area contributed by atoms with Gasteiger partial charge in [0.2, 0.25) is 11.8 Å². The SMILES string of the molecule is CCCc1ccc(CC(=O)NC2CNC2=O)cc1. The Morgan fingerprint density at radius 1 is 1.33 bits per heavy atom. The van der Waals surface area contributed by atoms with E-state index >= 15 is 0 Å². The van der Waals surface area contributed by atoms with Gasteiger partial charge in [0, 0.05) is 6.54 Å². The topological polar surface area (TPSA) is 58.2 Å². The second-order valence-electron chi connectivity index (χ2n) is 4.61. The molecule has 1 aliphatic heterocycles. The molecule has 0 radical (unpaired) electrons. The average Bonchev–Trinajstić information content (AvgIpc) is 2.37. The molecule has 1 saturated heterocycles. The average molecular weight is 246 g/mol. The van der Waals surface area contributed by atoms with E-state index in [1.165, 1.54) is 5.56 Å². The molecule has 1 fully saturated rings. The molecule has 4 nitrogen and oxygen atoms in total. The van der Waals surface area contributed by atoms with Crippen LogP contribution in [-0.2, 0) is 22.4 Å². The molecule has 2 amide bonds. The molecule has 0 saturated carbocycles. The summed E-state index contributed by atoms with van der Waals surface area (Å²) in [6, 6.07) is 7.73. The molecule has 0 aromatic heterocycles. The first kappa shape index (κ1) is 12.6. The van der Waals surface area contributed by atoms with Crippen LogP contribution in [0.15, 0.2) is 24.3 Å².